The Bertz CT molecular complexity index is 551. The Balaban J connectivity index is 3.00. The molecular weight excluding hydrogens is 284 g/mol. The van der Waals surface area contributed by atoms with Crippen LogP contribution in [0.5, 0.6) is 0 Å². The van der Waals surface area contributed by atoms with Gasteiger partial charge in [-0.05, 0) is 19.8 Å². The fraction of sp³-hybridized carbons (Fsp3) is 0.636. The maximum atomic E-state index is 12.2. The Morgan fingerprint density at radius 2 is 2.21 bits per heavy atom. The molecule has 0 spiro atoms. The number of nitrogens with two attached hydrogens (primary N) is 1. The Hall–Kier alpha value is -0.990. The summed E-state index contributed by atoms with van der Waals surface area (Å²) < 4.78 is 28.6. The van der Waals surface area contributed by atoms with Gasteiger partial charge in [0.2, 0.25) is 0 Å². The third-order valence-corrected chi connectivity index (χ3v) is 4.37. The number of aryl methyl sites for hydroxylation is 2. The molecule has 0 saturated carbocycles. The summed E-state index contributed by atoms with van der Waals surface area (Å²) in [6.45, 7) is 6.35. The van der Waals surface area contributed by atoms with Crippen molar-refractivity contribution in [2.24, 2.45) is 5.73 Å². The molecule has 1 aromatic rings. The molecule has 1 unspecified atom stereocenters. The molecule has 0 saturated heterocycles. The van der Waals surface area contributed by atoms with Gasteiger partial charge in [0.05, 0.1) is 11.0 Å². The summed E-state index contributed by atoms with van der Waals surface area (Å²) in [5, 5.41) is 0.00755. The first-order valence-corrected chi connectivity index (χ1v) is 8.06. The van der Waals surface area contributed by atoms with Crippen LogP contribution in [-0.4, -0.2) is 29.0 Å². The number of rotatable bonds is 7. The maximum absolute atomic E-state index is 12.2. The van der Waals surface area contributed by atoms with Gasteiger partial charge in [-0.3, -0.25) is 0 Å². The van der Waals surface area contributed by atoms with Gasteiger partial charge in [-0.25, -0.2) is 13.4 Å². The maximum Gasteiger partial charge on any atom is 0.260 e. The van der Waals surface area contributed by atoms with E-state index in [1.54, 1.807) is 6.92 Å². The average Bonchev–Trinajstić information content (AvgIpc) is 2.69. The SMILES string of the molecule is CCCn1cc(S(=O)(=O)NC(CC)C(N)=S)nc1C. The van der Waals surface area contributed by atoms with Crippen molar-refractivity contribution >= 4 is 27.2 Å². The van der Waals surface area contributed by atoms with E-state index in [9.17, 15) is 8.42 Å². The molecule has 0 radical (unpaired) electrons. The fourth-order valence-corrected chi connectivity index (χ4v) is 3.27. The van der Waals surface area contributed by atoms with Crippen molar-refractivity contribution < 1.29 is 8.42 Å². The Morgan fingerprint density at radius 3 is 2.68 bits per heavy atom. The zero-order chi connectivity index (χ0) is 14.6. The van der Waals surface area contributed by atoms with Crippen molar-refractivity contribution in [3.05, 3.63) is 12.0 Å². The van der Waals surface area contributed by atoms with Crippen LogP contribution in [0.15, 0.2) is 11.2 Å². The van der Waals surface area contributed by atoms with Crippen LogP contribution in [0.3, 0.4) is 0 Å². The highest BCUT2D eigenvalue weighted by Crippen LogP contribution is 2.11. The molecule has 1 aromatic heterocycles. The summed E-state index contributed by atoms with van der Waals surface area (Å²) in [6.07, 6.45) is 2.95. The zero-order valence-electron chi connectivity index (χ0n) is 11.4. The lowest BCUT2D eigenvalue weighted by atomic mass is 10.2. The molecule has 1 rings (SSSR count). The molecule has 108 valence electrons. The normalized spacial score (nSPS) is 13.4. The number of thiocarbonyl (C=S) groups is 1. The molecule has 1 heterocycles. The molecule has 0 fully saturated rings. The highest BCUT2D eigenvalue weighted by molar-refractivity contribution is 7.89. The van der Waals surface area contributed by atoms with Crippen LogP contribution in [0.1, 0.15) is 32.5 Å². The largest absolute Gasteiger partial charge is 0.392 e. The lowest BCUT2D eigenvalue weighted by Crippen LogP contribution is -2.43. The second-order valence-electron chi connectivity index (χ2n) is 4.30. The molecule has 1 atom stereocenters. The van der Waals surface area contributed by atoms with Crippen LogP contribution in [0, 0.1) is 6.92 Å². The first-order chi connectivity index (χ1) is 8.81. The van der Waals surface area contributed by atoms with Crippen LogP contribution >= 0.6 is 12.2 Å². The smallest absolute Gasteiger partial charge is 0.260 e. The van der Waals surface area contributed by atoms with Crippen molar-refractivity contribution in [1.29, 1.82) is 0 Å². The molecule has 0 aromatic carbocycles. The molecule has 3 N–H and O–H groups in total. The fourth-order valence-electron chi connectivity index (χ4n) is 1.67. The van der Waals surface area contributed by atoms with Gasteiger partial charge in [-0.1, -0.05) is 26.1 Å². The van der Waals surface area contributed by atoms with Crippen molar-refractivity contribution in [2.75, 3.05) is 0 Å². The number of nitrogens with one attached hydrogen (secondary N) is 1. The van der Waals surface area contributed by atoms with E-state index in [0.29, 0.717) is 12.2 Å². The molecule has 19 heavy (non-hydrogen) atoms. The second kappa shape index (κ2) is 6.44. The van der Waals surface area contributed by atoms with Crippen molar-refractivity contribution in [3.8, 4) is 0 Å². The van der Waals surface area contributed by atoms with Crippen LogP contribution in [-0.2, 0) is 16.6 Å². The molecule has 0 aliphatic carbocycles. The predicted octanol–water partition coefficient (Wildman–Crippen LogP) is 0.945. The highest BCUT2D eigenvalue weighted by Gasteiger charge is 2.23. The van der Waals surface area contributed by atoms with E-state index in [1.165, 1.54) is 6.20 Å². The minimum atomic E-state index is -3.69. The molecule has 0 amide bonds. The lowest BCUT2D eigenvalue weighted by molar-refractivity contribution is 0.569. The number of hydrogen-bond acceptors (Lipinski definition) is 4. The van der Waals surface area contributed by atoms with E-state index in [4.69, 9.17) is 18.0 Å². The quantitative estimate of drug-likeness (QED) is 0.732. The standard InChI is InChI=1S/C11H20N4O2S2/c1-4-6-15-7-10(13-8(15)3)19(16,17)14-9(5-2)11(12)18/h7,9,14H,4-6H2,1-3H3,(H2,12,18). The Labute approximate surface area is 119 Å². The Kier molecular flexibility index (Phi) is 5.45. The van der Waals surface area contributed by atoms with Gasteiger partial charge in [0.15, 0.2) is 5.03 Å². The van der Waals surface area contributed by atoms with E-state index < -0.39 is 16.1 Å². The molecule has 6 nitrogen and oxygen atoms in total. The highest BCUT2D eigenvalue weighted by atomic mass is 32.2. The number of imidazole rings is 1. The van der Waals surface area contributed by atoms with Gasteiger partial charge < -0.3 is 10.3 Å². The van der Waals surface area contributed by atoms with Gasteiger partial charge in [0, 0.05) is 12.7 Å². The summed E-state index contributed by atoms with van der Waals surface area (Å²) >= 11 is 4.83. The third kappa shape index (κ3) is 3.99. The topological polar surface area (TPSA) is 90.0 Å². The average molecular weight is 304 g/mol. The molecule has 8 heteroatoms. The molecule has 0 bridgehead atoms. The Morgan fingerprint density at radius 1 is 1.58 bits per heavy atom. The van der Waals surface area contributed by atoms with E-state index in [2.05, 4.69) is 9.71 Å². The van der Waals surface area contributed by atoms with Crippen molar-refractivity contribution in [2.45, 2.75) is 51.2 Å². The van der Waals surface area contributed by atoms with Crippen molar-refractivity contribution in [1.82, 2.24) is 14.3 Å². The lowest BCUT2D eigenvalue weighted by Gasteiger charge is -2.14. The minimum absolute atomic E-state index is 0.00755. The van der Waals surface area contributed by atoms with Crippen molar-refractivity contribution in [3.63, 3.8) is 0 Å². The van der Waals surface area contributed by atoms with E-state index in [1.807, 2.05) is 18.4 Å². The predicted molar refractivity (Wildman–Crippen MR) is 78.4 cm³/mol. The first kappa shape index (κ1) is 16.1. The minimum Gasteiger partial charge on any atom is -0.392 e. The van der Waals surface area contributed by atoms with Gasteiger partial charge in [0.1, 0.15) is 5.82 Å². The summed E-state index contributed by atoms with van der Waals surface area (Å²) in [6, 6.07) is -0.545. The van der Waals surface area contributed by atoms with Crippen LogP contribution < -0.4 is 10.5 Å². The monoisotopic (exact) mass is 304 g/mol. The molecule has 0 aliphatic rings. The van der Waals surface area contributed by atoms with Gasteiger partial charge in [0.25, 0.3) is 10.0 Å². The van der Waals surface area contributed by atoms with E-state index in [-0.39, 0.29) is 10.0 Å². The zero-order valence-corrected chi connectivity index (χ0v) is 13.0. The van der Waals surface area contributed by atoms with E-state index >= 15 is 0 Å². The van der Waals surface area contributed by atoms with E-state index in [0.717, 1.165) is 13.0 Å². The number of nitrogens with zero attached hydrogens (tertiary/aromatic N) is 2. The van der Waals surface area contributed by atoms with Crippen LogP contribution in [0.25, 0.3) is 0 Å². The van der Waals surface area contributed by atoms with Crippen LogP contribution in [0.4, 0.5) is 0 Å². The summed E-state index contributed by atoms with van der Waals surface area (Å²) in [4.78, 5) is 4.21. The number of hydrogen-bond donors (Lipinski definition) is 2. The molecule has 0 aliphatic heterocycles. The number of aromatic nitrogens is 2. The molecular formula is C11H20N4O2S2. The van der Waals surface area contributed by atoms with Gasteiger partial charge >= 0.3 is 0 Å². The third-order valence-electron chi connectivity index (χ3n) is 2.74. The van der Waals surface area contributed by atoms with Gasteiger partial charge in [-0.15, -0.1) is 0 Å². The second-order valence-corrected chi connectivity index (χ2v) is 6.44. The summed E-state index contributed by atoms with van der Waals surface area (Å²) in [7, 11) is -3.69. The van der Waals surface area contributed by atoms with Crippen LogP contribution in [0.2, 0.25) is 0 Å². The summed E-state index contributed by atoms with van der Waals surface area (Å²) in [5.74, 6) is 0.672. The summed E-state index contributed by atoms with van der Waals surface area (Å²) in [5.41, 5.74) is 5.49. The number of sulfonamides is 1. The van der Waals surface area contributed by atoms with Gasteiger partial charge in [-0.2, -0.15) is 4.72 Å². The first-order valence-electron chi connectivity index (χ1n) is 6.17.